The average Bonchev–Trinajstić information content (AvgIpc) is 3.26. The van der Waals surface area contributed by atoms with Crippen molar-refractivity contribution in [2.45, 2.75) is 33.2 Å². The lowest BCUT2D eigenvalue weighted by atomic mass is 9.88. The summed E-state index contributed by atoms with van der Waals surface area (Å²) >= 11 is 1.54. The highest BCUT2D eigenvalue weighted by molar-refractivity contribution is 7.15. The predicted molar refractivity (Wildman–Crippen MR) is 124 cm³/mol. The van der Waals surface area contributed by atoms with E-state index in [1.165, 1.54) is 0 Å². The van der Waals surface area contributed by atoms with E-state index in [1.54, 1.807) is 55.6 Å². The van der Waals surface area contributed by atoms with Crippen LogP contribution in [-0.4, -0.2) is 22.1 Å². The number of hydrogen-bond acceptors (Lipinski definition) is 5. The third-order valence-corrected chi connectivity index (χ3v) is 6.17. The molecule has 8 heteroatoms. The molecule has 2 aromatic carbocycles. The SMILES string of the molecule is CC(C)(CCc1ncc(-c2ccc(NC(=O)NCc3ccc(C#N)cc3)cc2)s1)C(=O)O. The Hall–Kier alpha value is -3.70. The molecule has 1 aromatic heterocycles. The van der Waals surface area contributed by atoms with Gasteiger partial charge < -0.3 is 15.7 Å². The lowest BCUT2D eigenvalue weighted by Gasteiger charge is -2.17. The van der Waals surface area contributed by atoms with Gasteiger partial charge in [-0.25, -0.2) is 9.78 Å². The predicted octanol–water partition coefficient (Wildman–Crippen LogP) is 5.05. The summed E-state index contributed by atoms with van der Waals surface area (Å²) < 4.78 is 0. The number of urea groups is 1. The smallest absolute Gasteiger partial charge is 0.319 e. The summed E-state index contributed by atoms with van der Waals surface area (Å²) in [6.07, 6.45) is 2.93. The van der Waals surface area contributed by atoms with E-state index in [0.29, 0.717) is 30.6 Å². The number of carboxylic acids is 1. The van der Waals surface area contributed by atoms with Crippen LogP contribution < -0.4 is 10.6 Å². The van der Waals surface area contributed by atoms with E-state index in [1.807, 2.05) is 24.3 Å². The minimum Gasteiger partial charge on any atom is -0.481 e. The minimum absolute atomic E-state index is 0.316. The molecule has 7 nitrogen and oxygen atoms in total. The maximum absolute atomic E-state index is 12.1. The number of rotatable bonds is 8. The van der Waals surface area contributed by atoms with Gasteiger partial charge in [-0.15, -0.1) is 11.3 Å². The number of benzene rings is 2. The number of nitriles is 1. The standard InChI is InChI=1S/C24H24N4O3S/c1-24(2,22(29)30)12-11-21-26-15-20(32-21)18-7-9-19(10-8-18)28-23(31)27-14-17-5-3-16(13-25)4-6-17/h3-10,15H,11-12,14H2,1-2H3,(H,29,30)(H2,27,28,31). The molecule has 0 aliphatic heterocycles. The van der Waals surface area contributed by atoms with Gasteiger partial charge >= 0.3 is 12.0 Å². The number of aliphatic carboxylic acids is 1. The zero-order valence-electron chi connectivity index (χ0n) is 17.9. The van der Waals surface area contributed by atoms with Gasteiger partial charge in [-0.05, 0) is 55.7 Å². The van der Waals surface area contributed by atoms with Crippen LogP contribution in [0.2, 0.25) is 0 Å². The monoisotopic (exact) mass is 448 g/mol. The molecule has 0 saturated carbocycles. The first kappa shape index (κ1) is 23.0. The van der Waals surface area contributed by atoms with E-state index in [4.69, 9.17) is 5.26 Å². The largest absolute Gasteiger partial charge is 0.481 e. The van der Waals surface area contributed by atoms with E-state index >= 15 is 0 Å². The Morgan fingerprint density at radius 1 is 1.12 bits per heavy atom. The Balaban J connectivity index is 1.52. The molecule has 2 amide bonds. The molecule has 0 bridgehead atoms. The van der Waals surface area contributed by atoms with Crippen LogP contribution in [0.5, 0.6) is 0 Å². The van der Waals surface area contributed by atoms with Crippen molar-refractivity contribution < 1.29 is 14.7 Å². The molecule has 164 valence electrons. The Morgan fingerprint density at radius 2 is 1.81 bits per heavy atom. The highest BCUT2D eigenvalue weighted by atomic mass is 32.1. The summed E-state index contributed by atoms with van der Waals surface area (Å²) in [6, 6.07) is 16.3. The van der Waals surface area contributed by atoms with E-state index in [0.717, 1.165) is 21.0 Å². The Kier molecular flexibility index (Phi) is 7.23. The molecule has 0 saturated heterocycles. The summed E-state index contributed by atoms with van der Waals surface area (Å²) in [7, 11) is 0. The molecule has 0 fully saturated rings. The Morgan fingerprint density at radius 3 is 2.44 bits per heavy atom. The molecule has 0 aliphatic rings. The first-order valence-corrected chi connectivity index (χ1v) is 10.9. The second kappa shape index (κ2) is 10.1. The highest BCUT2D eigenvalue weighted by Crippen LogP contribution is 2.30. The lowest BCUT2D eigenvalue weighted by molar-refractivity contribution is -0.147. The third kappa shape index (κ3) is 6.15. The fourth-order valence-electron chi connectivity index (χ4n) is 2.86. The Bertz CT molecular complexity index is 1130. The molecule has 3 aromatic rings. The van der Waals surface area contributed by atoms with Crippen LogP contribution in [0.15, 0.2) is 54.7 Å². The molecule has 3 rings (SSSR count). The second-order valence-corrected chi connectivity index (χ2v) is 9.12. The van der Waals surface area contributed by atoms with Gasteiger partial charge in [-0.1, -0.05) is 24.3 Å². The zero-order chi connectivity index (χ0) is 23.1. The molecule has 0 unspecified atom stereocenters. The number of aryl methyl sites for hydroxylation is 1. The van der Waals surface area contributed by atoms with Crippen molar-refractivity contribution in [1.82, 2.24) is 10.3 Å². The molecule has 0 aliphatic carbocycles. The van der Waals surface area contributed by atoms with Gasteiger partial charge in [0, 0.05) is 24.8 Å². The van der Waals surface area contributed by atoms with Gasteiger partial charge in [-0.3, -0.25) is 4.79 Å². The number of carboxylic acid groups (broad SMARTS) is 1. The lowest BCUT2D eigenvalue weighted by Crippen LogP contribution is -2.28. The summed E-state index contributed by atoms with van der Waals surface area (Å²) in [5.74, 6) is -0.807. The number of anilines is 1. The summed E-state index contributed by atoms with van der Waals surface area (Å²) in [6.45, 7) is 3.80. The van der Waals surface area contributed by atoms with E-state index in [-0.39, 0.29) is 6.03 Å². The second-order valence-electron chi connectivity index (χ2n) is 8.00. The maximum Gasteiger partial charge on any atom is 0.319 e. The van der Waals surface area contributed by atoms with E-state index in [2.05, 4.69) is 21.7 Å². The van der Waals surface area contributed by atoms with Crippen LogP contribution in [0.1, 0.15) is 36.4 Å². The van der Waals surface area contributed by atoms with Crippen LogP contribution in [0.3, 0.4) is 0 Å². The molecule has 0 radical (unpaired) electrons. The topological polar surface area (TPSA) is 115 Å². The van der Waals surface area contributed by atoms with Crippen LogP contribution in [0.4, 0.5) is 10.5 Å². The van der Waals surface area contributed by atoms with E-state index in [9.17, 15) is 14.7 Å². The van der Waals surface area contributed by atoms with Crippen molar-refractivity contribution in [2.24, 2.45) is 5.41 Å². The van der Waals surface area contributed by atoms with Crippen molar-refractivity contribution in [2.75, 3.05) is 5.32 Å². The van der Waals surface area contributed by atoms with E-state index < -0.39 is 11.4 Å². The number of amides is 2. The number of aromatic nitrogens is 1. The van der Waals surface area contributed by atoms with Crippen molar-refractivity contribution in [3.05, 3.63) is 70.9 Å². The molecular formula is C24H24N4O3S. The van der Waals surface area contributed by atoms with Crippen LogP contribution in [0.25, 0.3) is 10.4 Å². The fraction of sp³-hybridized carbons (Fsp3) is 0.250. The Labute approximate surface area is 190 Å². The van der Waals surface area contributed by atoms with Gasteiger partial charge in [0.2, 0.25) is 0 Å². The third-order valence-electron chi connectivity index (χ3n) is 5.06. The van der Waals surface area contributed by atoms with Crippen LogP contribution in [-0.2, 0) is 17.8 Å². The van der Waals surface area contributed by atoms with Crippen LogP contribution >= 0.6 is 11.3 Å². The van der Waals surface area contributed by atoms with Crippen molar-refractivity contribution in [3.8, 4) is 16.5 Å². The molecule has 32 heavy (non-hydrogen) atoms. The molecule has 3 N–H and O–H groups in total. The van der Waals surface area contributed by atoms with Gasteiger partial charge in [0.05, 0.1) is 26.9 Å². The van der Waals surface area contributed by atoms with Gasteiger partial charge in [0.25, 0.3) is 0 Å². The number of carbonyl (C=O) groups is 2. The van der Waals surface area contributed by atoms with Gasteiger partial charge in [0.1, 0.15) is 0 Å². The van der Waals surface area contributed by atoms with Crippen molar-refractivity contribution in [3.63, 3.8) is 0 Å². The molecule has 0 spiro atoms. The first-order valence-electron chi connectivity index (χ1n) is 10.1. The minimum atomic E-state index is -0.807. The number of nitrogens with one attached hydrogen (secondary N) is 2. The zero-order valence-corrected chi connectivity index (χ0v) is 18.7. The quantitative estimate of drug-likeness (QED) is 0.446. The highest BCUT2D eigenvalue weighted by Gasteiger charge is 2.27. The van der Waals surface area contributed by atoms with Gasteiger partial charge in [0.15, 0.2) is 0 Å². The average molecular weight is 449 g/mol. The molecular weight excluding hydrogens is 424 g/mol. The summed E-state index contributed by atoms with van der Waals surface area (Å²) in [4.78, 5) is 28.8. The fourth-order valence-corrected chi connectivity index (χ4v) is 3.78. The normalized spacial score (nSPS) is 10.9. The first-order chi connectivity index (χ1) is 15.3. The molecule has 0 atom stereocenters. The van der Waals surface area contributed by atoms with Crippen LogP contribution in [0, 0.1) is 16.7 Å². The van der Waals surface area contributed by atoms with Crippen molar-refractivity contribution in [1.29, 1.82) is 5.26 Å². The maximum atomic E-state index is 12.1. The van der Waals surface area contributed by atoms with Gasteiger partial charge in [-0.2, -0.15) is 5.26 Å². The molecule has 1 heterocycles. The summed E-state index contributed by atoms with van der Waals surface area (Å²) in [5, 5.41) is 24.5. The number of carbonyl (C=O) groups excluding carboxylic acids is 1. The van der Waals surface area contributed by atoms with Crippen molar-refractivity contribution >= 4 is 29.0 Å². The number of hydrogen-bond donors (Lipinski definition) is 3. The number of nitrogens with zero attached hydrogens (tertiary/aromatic N) is 2. The summed E-state index contributed by atoms with van der Waals surface area (Å²) in [5.41, 5.74) is 2.35. The number of thiazole rings is 1.